The molecular formula is C17H23NO3S. The van der Waals surface area contributed by atoms with Crippen molar-refractivity contribution < 1.29 is 14.3 Å². The van der Waals surface area contributed by atoms with Gasteiger partial charge in [0.05, 0.1) is 10.9 Å². The van der Waals surface area contributed by atoms with E-state index in [2.05, 4.69) is 5.32 Å². The van der Waals surface area contributed by atoms with Crippen LogP contribution in [0.1, 0.15) is 33.3 Å². The molecule has 120 valence electrons. The molecule has 1 unspecified atom stereocenters. The lowest BCUT2D eigenvalue weighted by molar-refractivity contribution is -0.153. The van der Waals surface area contributed by atoms with E-state index in [9.17, 15) is 9.59 Å². The Bertz CT molecular complexity index is 535. The summed E-state index contributed by atoms with van der Waals surface area (Å²) in [7, 11) is 0. The summed E-state index contributed by atoms with van der Waals surface area (Å²) >= 11 is 5.27. The normalized spacial score (nSPS) is 12.4. The molecule has 0 aliphatic heterocycles. The SMILES string of the molecule is CC(=O)C(Cc1ccccc1)C(=S)NCC(=O)OC(C)(C)C. The molecule has 0 radical (unpaired) electrons. The molecule has 22 heavy (non-hydrogen) atoms. The van der Waals surface area contributed by atoms with Gasteiger partial charge in [0, 0.05) is 0 Å². The minimum Gasteiger partial charge on any atom is -0.459 e. The van der Waals surface area contributed by atoms with Crippen LogP contribution in [0.25, 0.3) is 0 Å². The second-order valence-corrected chi connectivity index (χ2v) is 6.60. The number of carbonyl (C=O) groups is 2. The van der Waals surface area contributed by atoms with Crippen molar-refractivity contribution in [3.05, 3.63) is 35.9 Å². The van der Waals surface area contributed by atoms with Crippen LogP contribution in [0.15, 0.2) is 30.3 Å². The third-order valence-corrected chi connectivity index (χ3v) is 3.35. The Hall–Kier alpha value is -1.75. The average Bonchev–Trinajstić information content (AvgIpc) is 2.41. The maximum Gasteiger partial charge on any atom is 0.325 e. The van der Waals surface area contributed by atoms with Crippen LogP contribution < -0.4 is 5.32 Å². The topological polar surface area (TPSA) is 55.4 Å². The van der Waals surface area contributed by atoms with Gasteiger partial charge in [-0.15, -0.1) is 0 Å². The van der Waals surface area contributed by atoms with E-state index in [1.165, 1.54) is 6.92 Å². The average molecular weight is 321 g/mol. The quantitative estimate of drug-likeness (QED) is 0.645. The number of thiocarbonyl (C=S) groups is 1. The molecule has 0 amide bonds. The predicted molar refractivity (Wildman–Crippen MR) is 90.8 cm³/mol. The van der Waals surface area contributed by atoms with E-state index in [0.29, 0.717) is 11.4 Å². The van der Waals surface area contributed by atoms with E-state index >= 15 is 0 Å². The summed E-state index contributed by atoms with van der Waals surface area (Å²) in [6.45, 7) is 6.88. The first kappa shape index (κ1) is 18.3. The Morgan fingerprint density at radius 3 is 2.32 bits per heavy atom. The first-order chi connectivity index (χ1) is 10.2. The molecule has 1 N–H and O–H groups in total. The lowest BCUT2D eigenvalue weighted by atomic mass is 9.96. The largest absolute Gasteiger partial charge is 0.459 e. The predicted octanol–water partition coefficient (Wildman–Crippen LogP) is 2.69. The molecule has 0 aliphatic carbocycles. The summed E-state index contributed by atoms with van der Waals surface area (Å²) in [6.07, 6.45) is 0.524. The summed E-state index contributed by atoms with van der Waals surface area (Å²) in [5.41, 5.74) is 0.494. The van der Waals surface area contributed by atoms with Crippen LogP contribution >= 0.6 is 12.2 Å². The lowest BCUT2D eigenvalue weighted by Crippen LogP contribution is -2.39. The maximum atomic E-state index is 11.8. The number of benzene rings is 1. The van der Waals surface area contributed by atoms with Crippen LogP contribution in [0.5, 0.6) is 0 Å². The highest BCUT2D eigenvalue weighted by Crippen LogP contribution is 2.12. The van der Waals surface area contributed by atoms with Gasteiger partial charge < -0.3 is 10.1 Å². The number of Topliss-reactive ketones (excluding diaryl/α,β-unsaturated/α-hetero) is 1. The minimum absolute atomic E-state index is 0.0226. The molecule has 0 saturated heterocycles. The van der Waals surface area contributed by atoms with Gasteiger partial charge >= 0.3 is 5.97 Å². The summed E-state index contributed by atoms with van der Waals surface area (Å²) in [6, 6.07) is 9.66. The zero-order chi connectivity index (χ0) is 16.8. The number of ether oxygens (including phenoxy) is 1. The van der Waals surface area contributed by atoms with Crippen LogP contribution in [0.2, 0.25) is 0 Å². The number of nitrogens with one attached hydrogen (secondary N) is 1. The first-order valence-corrected chi connectivity index (χ1v) is 7.64. The summed E-state index contributed by atoms with van der Waals surface area (Å²) in [5.74, 6) is -0.845. The van der Waals surface area contributed by atoms with E-state index in [0.717, 1.165) is 5.56 Å². The number of rotatable bonds is 6. The molecule has 1 aromatic carbocycles. The minimum atomic E-state index is -0.537. The molecule has 5 heteroatoms. The highest BCUT2D eigenvalue weighted by atomic mass is 32.1. The molecule has 0 aliphatic rings. The van der Waals surface area contributed by atoms with Gasteiger partial charge in [-0.05, 0) is 39.7 Å². The Morgan fingerprint density at radius 2 is 1.82 bits per heavy atom. The van der Waals surface area contributed by atoms with E-state index < -0.39 is 17.5 Å². The molecule has 0 saturated carbocycles. The lowest BCUT2D eigenvalue weighted by Gasteiger charge is -2.21. The zero-order valence-electron chi connectivity index (χ0n) is 13.5. The standard InChI is InChI=1S/C17H23NO3S/c1-12(19)14(10-13-8-6-5-7-9-13)16(22)18-11-15(20)21-17(2,3)4/h5-9,14H,10-11H2,1-4H3,(H,18,22). The van der Waals surface area contributed by atoms with Crippen LogP contribution in [0.3, 0.4) is 0 Å². The van der Waals surface area contributed by atoms with E-state index in [1.807, 2.05) is 30.3 Å². The van der Waals surface area contributed by atoms with E-state index in [4.69, 9.17) is 17.0 Å². The van der Waals surface area contributed by atoms with Crippen LogP contribution in [-0.4, -0.2) is 28.9 Å². The number of ketones is 1. The smallest absolute Gasteiger partial charge is 0.325 e. The van der Waals surface area contributed by atoms with Crippen molar-refractivity contribution in [2.24, 2.45) is 5.92 Å². The van der Waals surface area contributed by atoms with Crippen LogP contribution in [-0.2, 0) is 20.7 Å². The van der Waals surface area contributed by atoms with Crippen molar-refractivity contribution in [3.8, 4) is 0 Å². The van der Waals surface area contributed by atoms with Gasteiger partial charge in [0.15, 0.2) is 0 Å². The Balaban J connectivity index is 2.59. The summed E-state index contributed by atoms with van der Waals surface area (Å²) in [4.78, 5) is 23.9. The van der Waals surface area contributed by atoms with Gasteiger partial charge in [-0.1, -0.05) is 42.5 Å². The highest BCUT2D eigenvalue weighted by Gasteiger charge is 2.22. The number of carbonyl (C=O) groups excluding carboxylic acids is 2. The Morgan fingerprint density at radius 1 is 1.23 bits per heavy atom. The molecule has 0 aromatic heterocycles. The fraction of sp³-hybridized carbons (Fsp3) is 0.471. The Labute approximate surface area is 137 Å². The summed E-state index contributed by atoms with van der Waals surface area (Å²) in [5, 5.41) is 2.84. The van der Waals surface area contributed by atoms with Gasteiger partial charge in [-0.25, -0.2) is 0 Å². The van der Waals surface area contributed by atoms with Gasteiger partial charge in [0.2, 0.25) is 0 Å². The van der Waals surface area contributed by atoms with Gasteiger partial charge in [-0.2, -0.15) is 0 Å². The number of hydrogen-bond acceptors (Lipinski definition) is 4. The third-order valence-electron chi connectivity index (χ3n) is 2.92. The maximum absolute atomic E-state index is 11.8. The monoisotopic (exact) mass is 321 g/mol. The second kappa shape index (κ2) is 8.03. The van der Waals surface area contributed by atoms with Crippen LogP contribution in [0.4, 0.5) is 0 Å². The molecule has 4 nitrogen and oxygen atoms in total. The summed E-state index contributed by atoms with van der Waals surface area (Å²) < 4.78 is 5.20. The molecule has 0 spiro atoms. The van der Waals surface area contributed by atoms with Crippen molar-refractivity contribution in [3.63, 3.8) is 0 Å². The zero-order valence-corrected chi connectivity index (χ0v) is 14.3. The van der Waals surface area contributed by atoms with Crippen molar-refractivity contribution >= 4 is 29.0 Å². The fourth-order valence-electron chi connectivity index (χ4n) is 1.93. The highest BCUT2D eigenvalue weighted by molar-refractivity contribution is 7.80. The first-order valence-electron chi connectivity index (χ1n) is 7.23. The van der Waals surface area contributed by atoms with Crippen molar-refractivity contribution in [2.75, 3.05) is 6.54 Å². The number of esters is 1. The van der Waals surface area contributed by atoms with Gasteiger partial charge in [0.25, 0.3) is 0 Å². The molecule has 1 atom stereocenters. The third kappa shape index (κ3) is 6.80. The fourth-order valence-corrected chi connectivity index (χ4v) is 2.25. The van der Waals surface area contributed by atoms with Crippen molar-refractivity contribution in [1.29, 1.82) is 0 Å². The molecular weight excluding hydrogens is 298 g/mol. The molecule has 1 rings (SSSR count). The number of hydrogen-bond donors (Lipinski definition) is 1. The molecule has 0 bridgehead atoms. The van der Waals surface area contributed by atoms with Gasteiger partial charge in [-0.3, -0.25) is 9.59 Å². The van der Waals surface area contributed by atoms with E-state index in [-0.39, 0.29) is 12.3 Å². The second-order valence-electron chi connectivity index (χ2n) is 6.16. The van der Waals surface area contributed by atoms with Crippen molar-refractivity contribution in [1.82, 2.24) is 5.32 Å². The molecule has 1 aromatic rings. The van der Waals surface area contributed by atoms with Crippen molar-refractivity contribution in [2.45, 2.75) is 39.7 Å². The molecule has 0 heterocycles. The van der Waals surface area contributed by atoms with Gasteiger partial charge in [0.1, 0.15) is 17.9 Å². The molecule has 0 fully saturated rings. The van der Waals surface area contributed by atoms with Crippen LogP contribution in [0, 0.1) is 5.92 Å². The Kier molecular flexibility index (Phi) is 6.68. The van der Waals surface area contributed by atoms with E-state index in [1.54, 1.807) is 20.8 Å².